The second kappa shape index (κ2) is 7.26. The molecule has 0 bridgehead atoms. The smallest absolute Gasteiger partial charge is 0.239 e. The van der Waals surface area contributed by atoms with Crippen molar-refractivity contribution in [1.82, 2.24) is 9.88 Å². The molecule has 6 nitrogen and oxygen atoms in total. The Bertz CT molecular complexity index is 1040. The first-order valence-corrected chi connectivity index (χ1v) is 10.5. The van der Waals surface area contributed by atoms with E-state index >= 15 is 0 Å². The van der Waals surface area contributed by atoms with E-state index in [1.54, 1.807) is 6.07 Å². The van der Waals surface area contributed by atoms with E-state index in [0.717, 1.165) is 38.5 Å². The Labute approximate surface area is 159 Å². The van der Waals surface area contributed by atoms with Gasteiger partial charge in [-0.05, 0) is 28.5 Å². The van der Waals surface area contributed by atoms with Crippen molar-refractivity contribution in [2.24, 2.45) is 5.14 Å². The van der Waals surface area contributed by atoms with E-state index in [2.05, 4.69) is 57.2 Å². The van der Waals surface area contributed by atoms with Crippen molar-refractivity contribution in [3.05, 3.63) is 66.4 Å². The van der Waals surface area contributed by atoms with E-state index in [1.165, 1.54) is 28.6 Å². The highest BCUT2D eigenvalue weighted by atomic mass is 32.2. The monoisotopic (exact) mass is 382 g/mol. The van der Waals surface area contributed by atoms with Gasteiger partial charge in [0, 0.05) is 38.9 Å². The highest BCUT2D eigenvalue weighted by Gasteiger charge is 2.19. The third-order valence-electron chi connectivity index (χ3n) is 5.02. The maximum atomic E-state index is 11.3. The molecule has 0 radical (unpaired) electrons. The molecular formula is C20H22N4O2S. The molecule has 1 saturated heterocycles. The highest BCUT2D eigenvalue weighted by Crippen LogP contribution is 2.21. The maximum absolute atomic E-state index is 11.3. The number of nitrogens with two attached hydrogens (primary N) is 1. The topological polar surface area (TPSA) is 79.5 Å². The number of sulfonamides is 1. The van der Waals surface area contributed by atoms with Crippen LogP contribution in [-0.2, 0) is 16.6 Å². The molecule has 1 aliphatic heterocycles. The van der Waals surface area contributed by atoms with Crippen LogP contribution in [0.15, 0.2) is 65.7 Å². The van der Waals surface area contributed by atoms with Gasteiger partial charge in [0.15, 0.2) is 0 Å². The van der Waals surface area contributed by atoms with Crippen LogP contribution in [-0.4, -0.2) is 44.5 Å². The lowest BCUT2D eigenvalue weighted by atomic mass is 10.0. The number of hydrogen-bond donors (Lipinski definition) is 1. The zero-order valence-electron chi connectivity index (χ0n) is 15.0. The van der Waals surface area contributed by atoms with E-state index in [1.807, 2.05) is 0 Å². The molecule has 2 heterocycles. The van der Waals surface area contributed by atoms with Crippen LogP contribution in [0.1, 0.15) is 5.56 Å². The summed E-state index contributed by atoms with van der Waals surface area (Å²) in [6, 6.07) is 18.2. The van der Waals surface area contributed by atoms with Crippen molar-refractivity contribution >= 4 is 26.6 Å². The largest absolute Gasteiger partial charge is 0.354 e. The van der Waals surface area contributed by atoms with Crippen LogP contribution in [0, 0.1) is 0 Å². The lowest BCUT2D eigenvalue weighted by Crippen LogP contribution is -2.46. The Morgan fingerprint density at radius 1 is 0.926 bits per heavy atom. The van der Waals surface area contributed by atoms with Gasteiger partial charge < -0.3 is 4.90 Å². The van der Waals surface area contributed by atoms with Gasteiger partial charge in [0.05, 0.1) is 0 Å². The molecule has 3 aromatic rings. The van der Waals surface area contributed by atoms with Gasteiger partial charge in [-0.15, -0.1) is 0 Å². The summed E-state index contributed by atoms with van der Waals surface area (Å²) >= 11 is 0. The van der Waals surface area contributed by atoms with E-state index < -0.39 is 10.0 Å². The molecular weight excluding hydrogens is 360 g/mol. The summed E-state index contributed by atoms with van der Waals surface area (Å²) in [5, 5.41) is 7.71. The number of aromatic nitrogens is 1. The van der Waals surface area contributed by atoms with Crippen molar-refractivity contribution in [3.8, 4) is 0 Å². The van der Waals surface area contributed by atoms with Crippen molar-refractivity contribution in [2.45, 2.75) is 11.4 Å². The van der Waals surface area contributed by atoms with Gasteiger partial charge in [-0.25, -0.2) is 18.5 Å². The number of rotatable bonds is 4. The average Bonchev–Trinajstić information content (AvgIpc) is 2.68. The number of primary sulfonamides is 1. The second-order valence-corrected chi connectivity index (χ2v) is 8.36. The molecule has 1 aliphatic rings. The number of benzene rings is 2. The van der Waals surface area contributed by atoms with Gasteiger partial charge in [-0.1, -0.05) is 42.5 Å². The zero-order valence-corrected chi connectivity index (χ0v) is 15.8. The fraction of sp³-hybridized carbons (Fsp3) is 0.250. The van der Waals surface area contributed by atoms with Crippen molar-refractivity contribution in [2.75, 3.05) is 31.1 Å². The highest BCUT2D eigenvalue weighted by molar-refractivity contribution is 7.89. The van der Waals surface area contributed by atoms with Gasteiger partial charge in [-0.2, -0.15) is 0 Å². The Morgan fingerprint density at radius 3 is 2.37 bits per heavy atom. The summed E-state index contributed by atoms with van der Waals surface area (Å²) in [5.74, 6) is 0.784. The number of anilines is 1. The van der Waals surface area contributed by atoms with Crippen LogP contribution < -0.4 is 10.0 Å². The van der Waals surface area contributed by atoms with Crippen molar-refractivity contribution in [1.29, 1.82) is 0 Å². The first-order valence-electron chi connectivity index (χ1n) is 8.93. The molecule has 7 heteroatoms. The Hall–Kier alpha value is -2.48. The van der Waals surface area contributed by atoms with Crippen LogP contribution in [0.3, 0.4) is 0 Å². The Morgan fingerprint density at radius 2 is 1.67 bits per heavy atom. The van der Waals surface area contributed by atoms with Gasteiger partial charge in [-0.3, -0.25) is 4.90 Å². The first-order chi connectivity index (χ1) is 13.0. The van der Waals surface area contributed by atoms with Crippen LogP contribution in [0.4, 0.5) is 5.82 Å². The van der Waals surface area contributed by atoms with Gasteiger partial charge >= 0.3 is 0 Å². The fourth-order valence-electron chi connectivity index (χ4n) is 3.53. The molecule has 140 valence electrons. The number of fused-ring (bicyclic) bond motifs is 1. The number of piperazine rings is 1. The third-order valence-corrected chi connectivity index (χ3v) is 5.92. The summed E-state index contributed by atoms with van der Waals surface area (Å²) in [6.07, 6.45) is 1.33. The number of pyridine rings is 1. The predicted octanol–water partition coefficient (Wildman–Crippen LogP) is 2.20. The molecule has 0 aliphatic carbocycles. The quantitative estimate of drug-likeness (QED) is 0.748. The van der Waals surface area contributed by atoms with Crippen molar-refractivity contribution in [3.63, 3.8) is 0 Å². The summed E-state index contributed by atoms with van der Waals surface area (Å²) in [6.45, 7) is 4.50. The minimum absolute atomic E-state index is 0.0424. The summed E-state index contributed by atoms with van der Waals surface area (Å²) in [5.41, 5.74) is 1.34. The summed E-state index contributed by atoms with van der Waals surface area (Å²) in [7, 11) is -3.70. The molecule has 0 amide bonds. The minimum atomic E-state index is -3.70. The standard InChI is InChI=1S/C20H22N4O2S/c21-27(25,26)18-8-9-20(22-14-18)24-12-10-23(11-13-24)15-17-6-3-5-16-4-1-2-7-19(16)17/h1-9,14H,10-13,15H2,(H2,21,25,26). The SMILES string of the molecule is NS(=O)(=O)c1ccc(N2CCN(Cc3cccc4ccccc34)CC2)nc1. The molecule has 1 fully saturated rings. The molecule has 4 rings (SSSR count). The van der Waals surface area contributed by atoms with Crippen molar-refractivity contribution < 1.29 is 8.42 Å². The van der Waals surface area contributed by atoms with E-state index in [9.17, 15) is 8.42 Å². The van der Waals surface area contributed by atoms with Crippen LogP contribution in [0.5, 0.6) is 0 Å². The number of hydrogen-bond acceptors (Lipinski definition) is 5. The lowest BCUT2D eigenvalue weighted by molar-refractivity contribution is 0.250. The zero-order chi connectivity index (χ0) is 18.9. The second-order valence-electron chi connectivity index (χ2n) is 6.80. The Balaban J connectivity index is 1.42. The lowest BCUT2D eigenvalue weighted by Gasteiger charge is -2.35. The van der Waals surface area contributed by atoms with Gasteiger partial charge in [0.1, 0.15) is 10.7 Å². The van der Waals surface area contributed by atoms with E-state index in [-0.39, 0.29) is 4.90 Å². The summed E-state index contributed by atoms with van der Waals surface area (Å²) in [4.78, 5) is 8.92. The van der Waals surface area contributed by atoms with Gasteiger partial charge in [0.2, 0.25) is 10.0 Å². The molecule has 0 atom stereocenters. The Kier molecular flexibility index (Phi) is 4.82. The van der Waals surface area contributed by atoms with Crippen LogP contribution in [0.25, 0.3) is 10.8 Å². The van der Waals surface area contributed by atoms with E-state index in [4.69, 9.17) is 5.14 Å². The normalized spacial score (nSPS) is 16.0. The molecule has 0 saturated carbocycles. The summed E-state index contributed by atoms with van der Waals surface area (Å²) < 4.78 is 22.7. The van der Waals surface area contributed by atoms with Gasteiger partial charge in [0.25, 0.3) is 0 Å². The fourth-order valence-corrected chi connectivity index (χ4v) is 3.99. The first kappa shape index (κ1) is 17.9. The molecule has 27 heavy (non-hydrogen) atoms. The molecule has 2 N–H and O–H groups in total. The predicted molar refractivity (Wildman–Crippen MR) is 107 cm³/mol. The average molecular weight is 382 g/mol. The molecule has 1 aromatic heterocycles. The molecule has 0 spiro atoms. The van der Waals surface area contributed by atoms with Crippen LogP contribution in [0.2, 0.25) is 0 Å². The van der Waals surface area contributed by atoms with Crippen LogP contribution >= 0.6 is 0 Å². The maximum Gasteiger partial charge on any atom is 0.239 e. The number of nitrogens with zero attached hydrogens (tertiary/aromatic N) is 3. The molecule has 0 unspecified atom stereocenters. The third kappa shape index (κ3) is 3.95. The van der Waals surface area contributed by atoms with E-state index in [0.29, 0.717) is 0 Å². The molecule has 2 aromatic carbocycles. The minimum Gasteiger partial charge on any atom is -0.354 e.